The number of benzene rings is 2. The summed E-state index contributed by atoms with van der Waals surface area (Å²) in [6.45, 7) is 0. The second kappa shape index (κ2) is 9.67. The molecule has 0 heteroatoms. The van der Waals surface area contributed by atoms with Crippen molar-refractivity contribution in [1.82, 2.24) is 0 Å². The van der Waals surface area contributed by atoms with Crippen molar-refractivity contribution in [2.24, 2.45) is 0 Å². The lowest BCUT2D eigenvalue weighted by Gasteiger charge is -2.29. The van der Waals surface area contributed by atoms with Gasteiger partial charge in [-0.3, -0.25) is 0 Å². The van der Waals surface area contributed by atoms with E-state index in [2.05, 4.69) is 24.3 Å². The summed E-state index contributed by atoms with van der Waals surface area (Å²) in [5.74, 6) is 1.74. The van der Waals surface area contributed by atoms with Gasteiger partial charge in [0.15, 0.2) is 0 Å². The highest BCUT2D eigenvalue weighted by molar-refractivity contribution is 5.34. The molecule has 0 aliphatic heterocycles. The van der Waals surface area contributed by atoms with Gasteiger partial charge < -0.3 is 0 Å². The van der Waals surface area contributed by atoms with Crippen LogP contribution in [0.3, 0.4) is 0 Å². The van der Waals surface area contributed by atoms with Gasteiger partial charge in [0.25, 0.3) is 0 Å². The first-order chi connectivity index (χ1) is 11.9. The summed E-state index contributed by atoms with van der Waals surface area (Å²) < 4.78 is 0. The van der Waals surface area contributed by atoms with E-state index in [-0.39, 0.29) is 0 Å². The normalized spacial score (nSPS) is 19.3. The molecule has 0 unspecified atom stereocenters. The van der Waals surface area contributed by atoms with Gasteiger partial charge in [-0.2, -0.15) is 0 Å². The fourth-order valence-corrected chi connectivity index (χ4v) is 4.47. The van der Waals surface area contributed by atoms with Gasteiger partial charge in [0.1, 0.15) is 0 Å². The van der Waals surface area contributed by atoms with Crippen LogP contribution in [-0.4, -0.2) is 0 Å². The molecule has 2 aromatic carbocycles. The molecule has 128 valence electrons. The minimum Gasteiger partial charge on any atom is -0.0623 e. The third kappa shape index (κ3) is 4.97. The van der Waals surface area contributed by atoms with E-state index in [1.807, 2.05) is 36.4 Å². The van der Waals surface area contributed by atoms with Crippen molar-refractivity contribution in [2.75, 3.05) is 0 Å². The zero-order valence-electron chi connectivity index (χ0n) is 15.0. The van der Waals surface area contributed by atoms with Gasteiger partial charge in [-0.25, -0.2) is 0 Å². The Morgan fingerprint density at radius 2 is 0.750 bits per heavy atom. The van der Waals surface area contributed by atoms with Crippen molar-refractivity contribution < 1.29 is 0 Å². The topological polar surface area (TPSA) is 0 Å². The molecule has 4 rings (SSSR count). The monoisotopic (exact) mass is 320 g/mol. The molecule has 0 spiro atoms. The maximum atomic E-state index is 2.43. The van der Waals surface area contributed by atoms with Gasteiger partial charge in [0.05, 0.1) is 0 Å². The van der Waals surface area contributed by atoms with Crippen LogP contribution in [0.4, 0.5) is 0 Å². The van der Waals surface area contributed by atoms with Crippen molar-refractivity contribution in [3.05, 3.63) is 71.8 Å². The molecule has 0 radical (unpaired) electrons. The molecular weight excluding hydrogens is 288 g/mol. The highest BCUT2D eigenvalue weighted by Crippen LogP contribution is 2.40. The molecule has 2 fully saturated rings. The molecule has 0 amide bonds. The molecule has 2 aromatic rings. The Morgan fingerprint density at radius 3 is 1.08 bits per heavy atom. The van der Waals surface area contributed by atoms with Crippen LogP contribution >= 0.6 is 0 Å². The third-order valence-electron chi connectivity index (χ3n) is 5.75. The molecular formula is C24H32. The summed E-state index contributed by atoms with van der Waals surface area (Å²) in [5.41, 5.74) is 3.42. The number of hydrogen-bond donors (Lipinski definition) is 0. The van der Waals surface area contributed by atoms with Crippen LogP contribution < -0.4 is 0 Å². The lowest BCUT2D eigenvalue weighted by atomic mass is 9.76. The summed E-state index contributed by atoms with van der Waals surface area (Å²) in [7, 11) is 0. The largest absolute Gasteiger partial charge is 0.0623 e. The standard InChI is InChI=1S/C18H26.C6H6/c1-3-9-15(10-4-1)17-13-7-8-14-18(17)16-11-5-2-6-12-16;1-2-4-6-5-3-1/h7-8,13-16H,1-6,9-12H2;1-6H. The van der Waals surface area contributed by atoms with Crippen LogP contribution in [0.25, 0.3) is 0 Å². The van der Waals surface area contributed by atoms with Crippen molar-refractivity contribution in [3.63, 3.8) is 0 Å². The van der Waals surface area contributed by atoms with Gasteiger partial charge in [0, 0.05) is 0 Å². The molecule has 2 aliphatic carbocycles. The van der Waals surface area contributed by atoms with Gasteiger partial charge >= 0.3 is 0 Å². The Bertz CT molecular complexity index is 496. The lowest BCUT2D eigenvalue weighted by Crippen LogP contribution is -2.12. The quantitative estimate of drug-likeness (QED) is 0.538. The highest BCUT2D eigenvalue weighted by Gasteiger charge is 2.23. The van der Waals surface area contributed by atoms with E-state index < -0.39 is 0 Å². The Morgan fingerprint density at radius 1 is 0.417 bits per heavy atom. The summed E-state index contributed by atoms with van der Waals surface area (Å²) in [4.78, 5) is 0. The zero-order valence-corrected chi connectivity index (χ0v) is 15.0. The van der Waals surface area contributed by atoms with Crippen LogP contribution in [0.15, 0.2) is 60.7 Å². The second-order valence-electron chi connectivity index (χ2n) is 7.45. The molecule has 2 aliphatic rings. The molecule has 0 nitrogen and oxygen atoms in total. The van der Waals surface area contributed by atoms with E-state index in [9.17, 15) is 0 Å². The van der Waals surface area contributed by atoms with E-state index >= 15 is 0 Å². The van der Waals surface area contributed by atoms with E-state index in [0.29, 0.717) is 0 Å². The minimum absolute atomic E-state index is 0.872. The molecule has 0 aromatic heterocycles. The average Bonchev–Trinajstić information content (AvgIpc) is 2.71. The van der Waals surface area contributed by atoms with Crippen molar-refractivity contribution in [1.29, 1.82) is 0 Å². The van der Waals surface area contributed by atoms with Crippen LogP contribution in [0.1, 0.15) is 87.2 Å². The van der Waals surface area contributed by atoms with Crippen LogP contribution in [0.5, 0.6) is 0 Å². The molecule has 0 saturated heterocycles. The Kier molecular flexibility index (Phi) is 6.96. The highest BCUT2D eigenvalue weighted by atomic mass is 14.3. The number of rotatable bonds is 2. The molecule has 2 saturated carbocycles. The molecule has 24 heavy (non-hydrogen) atoms. The van der Waals surface area contributed by atoms with Gasteiger partial charge in [0.2, 0.25) is 0 Å². The van der Waals surface area contributed by atoms with E-state index in [1.54, 1.807) is 11.1 Å². The van der Waals surface area contributed by atoms with Gasteiger partial charge in [-0.05, 0) is 48.6 Å². The Balaban J connectivity index is 0.000000238. The maximum absolute atomic E-state index is 2.43. The predicted molar refractivity (Wildman–Crippen MR) is 105 cm³/mol. The SMILES string of the molecule is c1ccc(C2CCCCC2)c(C2CCCCC2)c1.c1ccccc1. The fourth-order valence-electron chi connectivity index (χ4n) is 4.47. The summed E-state index contributed by atoms with van der Waals surface area (Å²) in [6, 6.07) is 21.4. The zero-order chi connectivity index (χ0) is 16.5. The molecule has 0 atom stereocenters. The van der Waals surface area contributed by atoms with E-state index in [4.69, 9.17) is 0 Å². The van der Waals surface area contributed by atoms with E-state index in [0.717, 1.165) is 11.8 Å². The van der Waals surface area contributed by atoms with Crippen LogP contribution in [0.2, 0.25) is 0 Å². The fraction of sp³-hybridized carbons (Fsp3) is 0.500. The number of hydrogen-bond acceptors (Lipinski definition) is 0. The van der Waals surface area contributed by atoms with Crippen molar-refractivity contribution in [2.45, 2.75) is 76.0 Å². The summed E-state index contributed by atoms with van der Waals surface area (Å²) in [5, 5.41) is 0. The van der Waals surface area contributed by atoms with Crippen LogP contribution in [-0.2, 0) is 0 Å². The second-order valence-corrected chi connectivity index (χ2v) is 7.45. The third-order valence-corrected chi connectivity index (χ3v) is 5.75. The summed E-state index contributed by atoms with van der Waals surface area (Å²) in [6.07, 6.45) is 14.5. The molecule has 0 bridgehead atoms. The molecule has 0 N–H and O–H groups in total. The van der Waals surface area contributed by atoms with Gasteiger partial charge in [-0.1, -0.05) is 99.2 Å². The Hall–Kier alpha value is -1.56. The van der Waals surface area contributed by atoms with Crippen molar-refractivity contribution >= 4 is 0 Å². The van der Waals surface area contributed by atoms with Gasteiger partial charge in [-0.15, -0.1) is 0 Å². The average molecular weight is 321 g/mol. The summed E-state index contributed by atoms with van der Waals surface area (Å²) >= 11 is 0. The lowest BCUT2D eigenvalue weighted by molar-refractivity contribution is 0.419. The van der Waals surface area contributed by atoms with Crippen LogP contribution in [0, 0.1) is 0 Å². The smallest absolute Gasteiger partial charge is 0.0159 e. The Labute approximate surface area is 148 Å². The maximum Gasteiger partial charge on any atom is -0.0159 e. The predicted octanol–water partition coefficient (Wildman–Crippen LogP) is 7.47. The first kappa shape index (κ1) is 17.3. The van der Waals surface area contributed by atoms with E-state index in [1.165, 1.54) is 64.2 Å². The van der Waals surface area contributed by atoms with Crippen molar-refractivity contribution in [3.8, 4) is 0 Å². The minimum atomic E-state index is 0.872. The molecule has 0 heterocycles. The first-order valence-electron chi connectivity index (χ1n) is 10.0. The first-order valence-corrected chi connectivity index (χ1v) is 10.0.